The molecular formula is C11H10N8. The average Bonchev–Trinajstić information content (AvgIpc) is 2.88. The van der Waals surface area contributed by atoms with Gasteiger partial charge in [-0.25, -0.2) is 0 Å². The summed E-state index contributed by atoms with van der Waals surface area (Å²) in [5, 5.41) is 12.1. The maximum Gasteiger partial charge on any atom is 0.224 e. The van der Waals surface area contributed by atoms with Crippen LogP contribution in [0.3, 0.4) is 0 Å². The summed E-state index contributed by atoms with van der Waals surface area (Å²) >= 11 is 0. The Labute approximate surface area is 108 Å². The molecule has 0 spiro atoms. The van der Waals surface area contributed by atoms with E-state index in [1.807, 2.05) is 30.3 Å². The molecule has 0 saturated heterocycles. The summed E-state index contributed by atoms with van der Waals surface area (Å²) in [6.07, 6.45) is 0. The zero-order valence-electron chi connectivity index (χ0n) is 9.80. The normalized spacial score (nSPS) is 10.5. The van der Waals surface area contributed by atoms with Crippen LogP contribution in [0.4, 0.5) is 11.8 Å². The molecule has 0 saturated carbocycles. The van der Waals surface area contributed by atoms with Gasteiger partial charge in [-0.1, -0.05) is 30.3 Å². The zero-order valence-corrected chi connectivity index (χ0v) is 9.80. The van der Waals surface area contributed by atoms with Crippen molar-refractivity contribution in [3.05, 3.63) is 36.4 Å². The van der Waals surface area contributed by atoms with Crippen molar-refractivity contribution in [3.63, 3.8) is 0 Å². The third-order valence-corrected chi connectivity index (χ3v) is 2.40. The van der Waals surface area contributed by atoms with E-state index < -0.39 is 0 Å². The van der Waals surface area contributed by atoms with E-state index in [-0.39, 0.29) is 11.8 Å². The standard InChI is InChI=1S/C11H10N8/c12-8-6-9(15-11(13)14-8)19-17-10(16-18-19)7-4-2-1-3-5-7/h1-6H,(H4,12,13,14,15). The topological polar surface area (TPSA) is 121 Å². The predicted octanol–water partition coefficient (Wildman–Crippen LogP) is 0.284. The number of nitrogens with two attached hydrogens (primary N) is 2. The molecule has 8 heteroatoms. The van der Waals surface area contributed by atoms with E-state index in [1.165, 1.54) is 10.9 Å². The molecule has 94 valence electrons. The Kier molecular flexibility index (Phi) is 2.53. The number of benzene rings is 1. The van der Waals surface area contributed by atoms with Crippen LogP contribution in [-0.2, 0) is 0 Å². The Hall–Kier alpha value is -3.03. The summed E-state index contributed by atoms with van der Waals surface area (Å²) in [6.45, 7) is 0. The number of anilines is 2. The van der Waals surface area contributed by atoms with Gasteiger partial charge in [0.15, 0.2) is 5.82 Å². The van der Waals surface area contributed by atoms with Gasteiger partial charge in [0.25, 0.3) is 0 Å². The van der Waals surface area contributed by atoms with Crippen LogP contribution in [0.25, 0.3) is 17.2 Å². The quantitative estimate of drug-likeness (QED) is 0.673. The van der Waals surface area contributed by atoms with E-state index in [4.69, 9.17) is 11.5 Å². The summed E-state index contributed by atoms with van der Waals surface area (Å²) in [5.41, 5.74) is 12.0. The van der Waals surface area contributed by atoms with Gasteiger partial charge in [-0.05, 0) is 5.21 Å². The van der Waals surface area contributed by atoms with Crippen LogP contribution in [0, 0.1) is 0 Å². The fourth-order valence-electron chi connectivity index (χ4n) is 1.59. The number of aromatic nitrogens is 6. The number of rotatable bonds is 2. The minimum absolute atomic E-state index is 0.0635. The number of hydrogen-bond donors (Lipinski definition) is 2. The minimum atomic E-state index is 0.0635. The van der Waals surface area contributed by atoms with Crippen LogP contribution < -0.4 is 11.5 Å². The monoisotopic (exact) mass is 254 g/mol. The SMILES string of the molecule is Nc1cc(-n2nnc(-c3ccccc3)n2)nc(N)n1. The number of nitrogen functional groups attached to an aromatic ring is 2. The largest absolute Gasteiger partial charge is 0.383 e. The molecule has 0 aliphatic carbocycles. The van der Waals surface area contributed by atoms with Gasteiger partial charge in [0, 0.05) is 11.6 Å². The average molecular weight is 254 g/mol. The molecule has 2 heterocycles. The summed E-state index contributed by atoms with van der Waals surface area (Å²) in [5.74, 6) is 1.19. The maximum atomic E-state index is 5.59. The highest BCUT2D eigenvalue weighted by Crippen LogP contribution is 2.14. The van der Waals surface area contributed by atoms with E-state index >= 15 is 0 Å². The van der Waals surface area contributed by atoms with Crippen LogP contribution in [-0.4, -0.2) is 30.2 Å². The predicted molar refractivity (Wildman–Crippen MR) is 69.0 cm³/mol. The Balaban J connectivity index is 2.02. The summed E-state index contributed by atoms with van der Waals surface area (Å²) in [4.78, 5) is 9.04. The third-order valence-electron chi connectivity index (χ3n) is 2.40. The molecule has 0 aliphatic rings. The van der Waals surface area contributed by atoms with Crippen LogP contribution in [0.5, 0.6) is 0 Å². The molecule has 4 N–H and O–H groups in total. The highest BCUT2D eigenvalue weighted by Gasteiger charge is 2.09. The van der Waals surface area contributed by atoms with Gasteiger partial charge in [0.05, 0.1) is 0 Å². The molecule has 8 nitrogen and oxygen atoms in total. The molecule has 0 atom stereocenters. The lowest BCUT2D eigenvalue weighted by Crippen LogP contribution is -2.07. The minimum Gasteiger partial charge on any atom is -0.383 e. The van der Waals surface area contributed by atoms with Gasteiger partial charge in [0.1, 0.15) is 5.82 Å². The Bertz CT molecular complexity index is 685. The first-order valence-corrected chi connectivity index (χ1v) is 5.48. The highest BCUT2D eigenvalue weighted by atomic mass is 15.6. The Morgan fingerprint density at radius 3 is 2.53 bits per heavy atom. The van der Waals surface area contributed by atoms with Crippen LogP contribution in [0.2, 0.25) is 0 Å². The van der Waals surface area contributed by atoms with E-state index in [0.717, 1.165) is 5.56 Å². The van der Waals surface area contributed by atoms with Gasteiger partial charge >= 0.3 is 0 Å². The summed E-state index contributed by atoms with van der Waals surface area (Å²) < 4.78 is 0. The van der Waals surface area contributed by atoms with Crippen molar-refractivity contribution in [3.8, 4) is 17.2 Å². The van der Waals surface area contributed by atoms with Gasteiger partial charge in [-0.3, -0.25) is 0 Å². The first-order valence-electron chi connectivity index (χ1n) is 5.48. The third kappa shape index (κ3) is 2.18. The lowest BCUT2D eigenvalue weighted by Gasteiger charge is -1.99. The van der Waals surface area contributed by atoms with Gasteiger partial charge in [0.2, 0.25) is 11.8 Å². The van der Waals surface area contributed by atoms with Crippen molar-refractivity contribution >= 4 is 11.8 Å². The molecule has 19 heavy (non-hydrogen) atoms. The molecule has 0 bridgehead atoms. The fraction of sp³-hybridized carbons (Fsp3) is 0. The van der Waals surface area contributed by atoms with Gasteiger partial charge in [-0.2, -0.15) is 9.97 Å². The molecule has 0 radical (unpaired) electrons. The molecule has 0 unspecified atom stereocenters. The molecule has 3 rings (SSSR count). The van der Waals surface area contributed by atoms with Crippen molar-refractivity contribution < 1.29 is 0 Å². The van der Waals surface area contributed by atoms with E-state index in [1.54, 1.807) is 0 Å². The molecule has 3 aromatic rings. The molecule has 1 aromatic carbocycles. The second-order valence-corrected chi connectivity index (χ2v) is 3.78. The summed E-state index contributed by atoms with van der Waals surface area (Å²) in [6, 6.07) is 11.0. The first-order chi connectivity index (χ1) is 9.22. The van der Waals surface area contributed by atoms with E-state index in [9.17, 15) is 0 Å². The van der Waals surface area contributed by atoms with Crippen molar-refractivity contribution in [2.45, 2.75) is 0 Å². The molecule has 0 aliphatic heterocycles. The molecule has 2 aromatic heterocycles. The van der Waals surface area contributed by atoms with Crippen LogP contribution >= 0.6 is 0 Å². The second-order valence-electron chi connectivity index (χ2n) is 3.78. The second kappa shape index (κ2) is 4.33. The zero-order chi connectivity index (χ0) is 13.2. The molecule has 0 fully saturated rings. The lowest BCUT2D eigenvalue weighted by atomic mass is 10.2. The molecular weight excluding hydrogens is 244 g/mol. The highest BCUT2D eigenvalue weighted by molar-refractivity contribution is 5.53. The summed E-state index contributed by atoms with van der Waals surface area (Å²) in [7, 11) is 0. The van der Waals surface area contributed by atoms with Crippen LogP contribution in [0.15, 0.2) is 36.4 Å². The Morgan fingerprint density at radius 2 is 1.79 bits per heavy atom. The van der Waals surface area contributed by atoms with E-state index in [2.05, 4.69) is 25.4 Å². The Morgan fingerprint density at radius 1 is 1.00 bits per heavy atom. The van der Waals surface area contributed by atoms with Gasteiger partial charge in [-0.15, -0.1) is 15.0 Å². The van der Waals surface area contributed by atoms with Crippen molar-refractivity contribution in [2.24, 2.45) is 0 Å². The number of nitrogens with zero attached hydrogens (tertiary/aromatic N) is 6. The number of hydrogen-bond acceptors (Lipinski definition) is 7. The van der Waals surface area contributed by atoms with Crippen LogP contribution in [0.1, 0.15) is 0 Å². The maximum absolute atomic E-state index is 5.59. The lowest BCUT2D eigenvalue weighted by molar-refractivity contribution is 0.700. The molecule has 0 amide bonds. The smallest absolute Gasteiger partial charge is 0.224 e. The number of tetrazole rings is 1. The van der Waals surface area contributed by atoms with Crippen molar-refractivity contribution in [1.29, 1.82) is 0 Å². The fourth-order valence-corrected chi connectivity index (χ4v) is 1.59. The first kappa shape index (κ1) is 11.1. The van der Waals surface area contributed by atoms with Gasteiger partial charge < -0.3 is 11.5 Å². The van der Waals surface area contributed by atoms with E-state index in [0.29, 0.717) is 11.6 Å². The van der Waals surface area contributed by atoms with Crippen molar-refractivity contribution in [2.75, 3.05) is 11.5 Å². The van der Waals surface area contributed by atoms with Crippen molar-refractivity contribution in [1.82, 2.24) is 30.2 Å².